The Hall–Kier alpha value is -1.32. The number of halogens is 1. The molecule has 0 saturated heterocycles. The van der Waals surface area contributed by atoms with E-state index in [0.717, 1.165) is 18.7 Å². The van der Waals surface area contributed by atoms with Gasteiger partial charge in [0.15, 0.2) is 0 Å². The van der Waals surface area contributed by atoms with Crippen LogP contribution in [0.15, 0.2) is 30.6 Å². The summed E-state index contributed by atoms with van der Waals surface area (Å²) in [6, 6.07) is 6.04. The summed E-state index contributed by atoms with van der Waals surface area (Å²) >= 11 is 5.89. The summed E-state index contributed by atoms with van der Waals surface area (Å²) in [5.41, 5.74) is 9.04. The molecule has 100 valence electrons. The predicted octanol–water partition coefficient (Wildman–Crippen LogP) is 3.50. The van der Waals surface area contributed by atoms with Gasteiger partial charge in [0.1, 0.15) is 5.82 Å². The Balaban J connectivity index is 2.08. The van der Waals surface area contributed by atoms with Gasteiger partial charge in [0.25, 0.3) is 0 Å². The predicted molar refractivity (Wildman–Crippen MR) is 77.6 cm³/mol. The van der Waals surface area contributed by atoms with Crippen LogP contribution < -0.4 is 5.73 Å². The van der Waals surface area contributed by atoms with Crippen LogP contribution in [-0.4, -0.2) is 9.55 Å². The fraction of sp³-hybridized carbons (Fsp3) is 0.400. The van der Waals surface area contributed by atoms with Gasteiger partial charge in [0.05, 0.1) is 5.02 Å². The van der Waals surface area contributed by atoms with Crippen molar-refractivity contribution in [1.29, 1.82) is 0 Å². The molecule has 0 fully saturated rings. The van der Waals surface area contributed by atoms with Crippen LogP contribution in [0.4, 0.5) is 0 Å². The molecule has 0 spiro atoms. The van der Waals surface area contributed by atoms with Crippen molar-refractivity contribution in [3.63, 3.8) is 0 Å². The van der Waals surface area contributed by atoms with Crippen molar-refractivity contribution in [1.82, 2.24) is 9.55 Å². The van der Waals surface area contributed by atoms with Crippen LogP contribution in [0.3, 0.4) is 0 Å². The van der Waals surface area contributed by atoms with Crippen LogP contribution in [0, 0.1) is 5.41 Å². The summed E-state index contributed by atoms with van der Waals surface area (Å²) in [5.74, 6) is 0.899. The Morgan fingerprint density at radius 1 is 1.37 bits per heavy atom. The average Bonchev–Trinajstić information content (AvgIpc) is 2.72. The zero-order valence-corrected chi connectivity index (χ0v) is 12.0. The van der Waals surface area contributed by atoms with Gasteiger partial charge in [-0.2, -0.15) is 0 Å². The van der Waals surface area contributed by atoms with Crippen LogP contribution in [0.25, 0.3) is 5.82 Å². The van der Waals surface area contributed by atoms with Crippen molar-refractivity contribution < 1.29 is 0 Å². The highest BCUT2D eigenvalue weighted by Crippen LogP contribution is 2.40. The van der Waals surface area contributed by atoms with E-state index in [9.17, 15) is 0 Å². The van der Waals surface area contributed by atoms with Crippen LogP contribution in [0.1, 0.15) is 37.6 Å². The first-order chi connectivity index (χ1) is 8.96. The quantitative estimate of drug-likeness (QED) is 0.866. The number of nitrogens with two attached hydrogens (primary N) is 1. The number of hydrogen-bond acceptors (Lipinski definition) is 2. The lowest BCUT2D eigenvalue weighted by Gasteiger charge is -2.34. The number of nitrogens with zero attached hydrogens (tertiary/aromatic N) is 2. The number of aromatic nitrogens is 2. The first kappa shape index (κ1) is 12.7. The third-order valence-corrected chi connectivity index (χ3v) is 4.03. The summed E-state index contributed by atoms with van der Waals surface area (Å²) in [7, 11) is 0. The Bertz CT molecular complexity index is 598. The normalized spacial score (nSPS) is 21.2. The second-order valence-electron chi connectivity index (χ2n) is 6.07. The van der Waals surface area contributed by atoms with Crippen molar-refractivity contribution in [2.45, 2.75) is 32.7 Å². The molecule has 0 bridgehead atoms. The lowest BCUT2D eigenvalue weighted by atomic mass is 9.74. The van der Waals surface area contributed by atoms with Crippen molar-refractivity contribution in [3.8, 4) is 5.82 Å². The van der Waals surface area contributed by atoms with Gasteiger partial charge >= 0.3 is 0 Å². The minimum absolute atomic E-state index is 0.118. The molecule has 4 heteroatoms. The van der Waals surface area contributed by atoms with Crippen LogP contribution in [0.5, 0.6) is 0 Å². The third kappa shape index (κ3) is 2.28. The molecule has 0 saturated carbocycles. The maximum absolute atomic E-state index is 6.28. The molecular formula is C15H18ClN3. The van der Waals surface area contributed by atoms with Gasteiger partial charge in [-0.3, -0.25) is 0 Å². The first-order valence-corrected chi connectivity index (χ1v) is 6.92. The first-order valence-electron chi connectivity index (χ1n) is 6.54. The molecular weight excluding hydrogens is 258 g/mol. The highest BCUT2D eigenvalue weighted by Gasteiger charge is 2.32. The maximum atomic E-state index is 6.28. The van der Waals surface area contributed by atoms with E-state index >= 15 is 0 Å². The summed E-state index contributed by atoms with van der Waals surface area (Å²) < 4.78 is 2.13. The summed E-state index contributed by atoms with van der Waals surface area (Å²) in [6.45, 7) is 4.53. The fourth-order valence-electron chi connectivity index (χ4n) is 2.96. The van der Waals surface area contributed by atoms with Crippen molar-refractivity contribution in [3.05, 3.63) is 46.9 Å². The van der Waals surface area contributed by atoms with E-state index in [1.165, 1.54) is 11.3 Å². The van der Waals surface area contributed by atoms with E-state index in [4.69, 9.17) is 17.3 Å². The topological polar surface area (TPSA) is 43.8 Å². The van der Waals surface area contributed by atoms with Gasteiger partial charge in [-0.05, 0) is 42.0 Å². The monoisotopic (exact) mass is 275 g/mol. The highest BCUT2D eigenvalue weighted by atomic mass is 35.5. The van der Waals surface area contributed by atoms with Crippen LogP contribution >= 0.6 is 11.6 Å². The lowest BCUT2D eigenvalue weighted by molar-refractivity contribution is 0.278. The van der Waals surface area contributed by atoms with Crippen molar-refractivity contribution >= 4 is 11.6 Å². The van der Waals surface area contributed by atoms with Gasteiger partial charge in [-0.25, -0.2) is 4.98 Å². The average molecular weight is 276 g/mol. The number of pyridine rings is 1. The molecule has 19 heavy (non-hydrogen) atoms. The lowest BCUT2D eigenvalue weighted by Crippen LogP contribution is -2.30. The Labute approximate surface area is 118 Å². The van der Waals surface area contributed by atoms with Crippen molar-refractivity contribution in [2.75, 3.05) is 0 Å². The summed E-state index contributed by atoms with van der Waals surface area (Å²) in [5, 5.41) is 0.654. The number of hydrogen-bond donors (Lipinski definition) is 1. The van der Waals surface area contributed by atoms with Gasteiger partial charge in [-0.1, -0.05) is 25.4 Å². The maximum Gasteiger partial charge on any atom is 0.136 e. The molecule has 0 amide bonds. The third-order valence-electron chi connectivity index (χ3n) is 3.80. The molecule has 2 N–H and O–H groups in total. The second kappa shape index (κ2) is 4.36. The second-order valence-corrected chi connectivity index (χ2v) is 6.51. The minimum Gasteiger partial charge on any atom is -0.324 e. The molecule has 3 nitrogen and oxygen atoms in total. The van der Waals surface area contributed by atoms with Gasteiger partial charge < -0.3 is 10.3 Å². The molecule has 1 aliphatic rings. The van der Waals surface area contributed by atoms with E-state index in [1.54, 1.807) is 6.20 Å². The Kier molecular flexibility index (Phi) is 2.91. The number of fused-ring (bicyclic) bond motifs is 1. The molecule has 2 heterocycles. The highest BCUT2D eigenvalue weighted by molar-refractivity contribution is 6.30. The summed E-state index contributed by atoms with van der Waals surface area (Å²) in [4.78, 5) is 4.39. The molecule has 0 aromatic carbocycles. The summed E-state index contributed by atoms with van der Waals surface area (Å²) in [6.07, 6.45) is 5.78. The van der Waals surface area contributed by atoms with Gasteiger partial charge in [-0.15, -0.1) is 0 Å². The van der Waals surface area contributed by atoms with E-state index in [0.29, 0.717) is 5.02 Å². The zero-order valence-electron chi connectivity index (χ0n) is 11.2. The van der Waals surface area contributed by atoms with E-state index < -0.39 is 0 Å². The molecule has 1 atom stereocenters. The zero-order chi connectivity index (χ0) is 13.6. The van der Waals surface area contributed by atoms with E-state index in [-0.39, 0.29) is 11.5 Å². The van der Waals surface area contributed by atoms with E-state index in [2.05, 4.69) is 35.7 Å². The minimum atomic E-state index is 0.118. The smallest absolute Gasteiger partial charge is 0.136 e. The van der Waals surface area contributed by atoms with Crippen LogP contribution in [-0.2, 0) is 6.42 Å². The molecule has 3 rings (SSSR count). The Morgan fingerprint density at radius 3 is 2.84 bits per heavy atom. The van der Waals surface area contributed by atoms with Gasteiger partial charge in [0, 0.05) is 24.1 Å². The fourth-order valence-corrected chi connectivity index (χ4v) is 3.07. The van der Waals surface area contributed by atoms with Gasteiger partial charge in [0.2, 0.25) is 0 Å². The molecule has 2 aromatic rings. The molecule has 1 aliphatic carbocycles. The standard InChI is InChI=1S/C15H18ClN3/c1-15(2)7-12(17)11-5-6-19(13(11)8-15)14-4-3-10(16)9-18-14/h3-6,9,12H,7-8,17H2,1-2H3. The molecule has 0 aliphatic heterocycles. The van der Waals surface area contributed by atoms with Crippen LogP contribution in [0.2, 0.25) is 5.02 Å². The molecule has 0 radical (unpaired) electrons. The Morgan fingerprint density at radius 2 is 2.16 bits per heavy atom. The van der Waals surface area contributed by atoms with Crippen molar-refractivity contribution in [2.24, 2.45) is 11.1 Å². The molecule has 2 aromatic heterocycles. The molecule has 1 unspecified atom stereocenters. The SMILES string of the molecule is CC1(C)Cc2c(ccn2-c2ccc(Cl)cn2)C(N)C1. The van der Waals surface area contributed by atoms with E-state index in [1.807, 2.05) is 12.1 Å². The largest absolute Gasteiger partial charge is 0.324 e. The number of rotatable bonds is 1.